The van der Waals surface area contributed by atoms with Crippen molar-refractivity contribution in [3.8, 4) is 0 Å². The second-order valence-corrected chi connectivity index (χ2v) is 6.70. The number of anilines is 1. The van der Waals surface area contributed by atoms with Gasteiger partial charge in [0.05, 0.1) is 23.7 Å². The van der Waals surface area contributed by atoms with Crippen molar-refractivity contribution in [2.45, 2.75) is 33.0 Å². The van der Waals surface area contributed by atoms with E-state index in [-0.39, 0.29) is 0 Å². The van der Waals surface area contributed by atoms with E-state index in [1.807, 2.05) is 6.07 Å². The van der Waals surface area contributed by atoms with Crippen LogP contribution in [-0.4, -0.2) is 24.4 Å². The van der Waals surface area contributed by atoms with E-state index in [4.69, 9.17) is 4.74 Å². The van der Waals surface area contributed by atoms with Gasteiger partial charge < -0.3 is 9.64 Å². The molecule has 0 aromatic carbocycles. The number of carbonyl (C=O) groups excluding carboxylic acids is 1. The molecule has 0 spiro atoms. The number of carbonyl (C=O) groups is 1. The Bertz CT molecular complexity index is 550. The van der Waals surface area contributed by atoms with E-state index in [9.17, 15) is 4.79 Å². The summed E-state index contributed by atoms with van der Waals surface area (Å²) in [6.45, 7) is 5.44. The van der Waals surface area contributed by atoms with Crippen LogP contribution in [0.2, 0.25) is 0 Å². The Morgan fingerprint density at radius 1 is 1.50 bits per heavy atom. The van der Waals surface area contributed by atoms with Crippen LogP contribution in [-0.2, 0) is 17.9 Å². The number of thiazole rings is 1. The van der Waals surface area contributed by atoms with Crippen LogP contribution >= 0.6 is 22.7 Å². The molecule has 0 aliphatic heterocycles. The van der Waals surface area contributed by atoms with E-state index < -0.39 is 0 Å². The van der Waals surface area contributed by atoms with E-state index >= 15 is 0 Å². The Morgan fingerprint density at radius 2 is 2.30 bits per heavy atom. The molecule has 0 saturated heterocycles. The highest BCUT2D eigenvalue weighted by Crippen LogP contribution is 2.29. The first-order valence-corrected chi connectivity index (χ1v) is 8.08. The minimum absolute atomic E-state index is 0.318. The minimum atomic E-state index is 0.318. The molecule has 0 fully saturated rings. The standard InChI is InChI=1S/C14H18N2O2S2/c1-10(2)16(7-11-5-4-6-19-11)14-15-12(9-18-3)13(8-17)20-14/h4-6,8,10H,7,9H2,1-3H3. The number of hydrogen-bond donors (Lipinski definition) is 0. The molecule has 2 aromatic rings. The van der Waals surface area contributed by atoms with Crippen molar-refractivity contribution in [1.29, 1.82) is 0 Å². The summed E-state index contributed by atoms with van der Waals surface area (Å²) in [6, 6.07) is 4.48. The zero-order valence-electron chi connectivity index (χ0n) is 11.8. The van der Waals surface area contributed by atoms with Crippen molar-refractivity contribution in [3.05, 3.63) is 33.0 Å². The summed E-state index contributed by atoms with van der Waals surface area (Å²) in [4.78, 5) is 19.8. The Hall–Kier alpha value is -1.24. The van der Waals surface area contributed by atoms with Crippen molar-refractivity contribution in [1.82, 2.24) is 4.98 Å². The third-order valence-electron chi connectivity index (χ3n) is 2.88. The van der Waals surface area contributed by atoms with Crippen LogP contribution in [0.4, 0.5) is 5.13 Å². The molecule has 20 heavy (non-hydrogen) atoms. The number of aromatic nitrogens is 1. The SMILES string of the molecule is COCc1nc(N(Cc2cccs2)C(C)C)sc1C=O. The number of hydrogen-bond acceptors (Lipinski definition) is 6. The van der Waals surface area contributed by atoms with E-state index in [2.05, 4.69) is 35.2 Å². The number of thiophene rings is 1. The molecule has 0 atom stereocenters. The molecule has 6 heteroatoms. The molecule has 0 unspecified atom stereocenters. The predicted molar refractivity (Wildman–Crippen MR) is 83.9 cm³/mol. The highest BCUT2D eigenvalue weighted by atomic mass is 32.1. The number of methoxy groups -OCH3 is 1. The van der Waals surface area contributed by atoms with Gasteiger partial charge in [0.2, 0.25) is 0 Å². The summed E-state index contributed by atoms with van der Waals surface area (Å²) in [6.07, 6.45) is 0.860. The maximum absolute atomic E-state index is 11.1. The number of rotatable bonds is 7. The molecule has 0 amide bonds. The minimum Gasteiger partial charge on any atom is -0.378 e. The summed E-state index contributed by atoms with van der Waals surface area (Å²) in [5.74, 6) is 0. The van der Waals surface area contributed by atoms with Gasteiger partial charge in [-0.2, -0.15) is 0 Å². The number of nitrogens with zero attached hydrogens (tertiary/aromatic N) is 2. The van der Waals surface area contributed by atoms with Gasteiger partial charge in [-0.05, 0) is 25.3 Å². The molecule has 0 saturated carbocycles. The van der Waals surface area contributed by atoms with Crippen LogP contribution in [0, 0.1) is 0 Å². The second-order valence-electron chi connectivity index (χ2n) is 4.66. The zero-order valence-corrected chi connectivity index (χ0v) is 13.5. The van der Waals surface area contributed by atoms with Gasteiger partial charge in [0, 0.05) is 18.0 Å². The molecule has 4 nitrogen and oxygen atoms in total. The first-order chi connectivity index (χ1) is 9.65. The third-order valence-corrected chi connectivity index (χ3v) is 4.80. The highest BCUT2D eigenvalue weighted by Gasteiger charge is 2.19. The molecule has 108 valence electrons. The van der Waals surface area contributed by atoms with Crippen LogP contribution in [0.3, 0.4) is 0 Å². The lowest BCUT2D eigenvalue weighted by Crippen LogP contribution is -2.29. The topological polar surface area (TPSA) is 42.4 Å². The maximum Gasteiger partial charge on any atom is 0.186 e. The lowest BCUT2D eigenvalue weighted by atomic mass is 10.3. The van der Waals surface area contributed by atoms with Gasteiger partial charge in [-0.25, -0.2) is 4.98 Å². The molecule has 0 aliphatic carbocycles. The predicted octanol–water partition coefficient (Wildman–Crippen LogP) is 3.58. The van der Waals surface area contributed by atoms with Crippen molar-refractivity contribution in [2.24, 2.45) is 0 Å². The van der Waals surface area contributed by atoms with E-state index in [1.165, 1.54) is 16.2 Å². The molecule has 2 heterocycles. The highest BCUT2D eigenvalue weighted by molar-refractivity contribution is 7.17. The fourth-order valence-corrected chi connectivity index (χ4v) is 3.57. The number of aldehydes is 1. The molecular formula is C14H18N2O2S2. The molecule has 0 N–H and O–H groups in total. The summed E-state index contributed by atoms with van der Waals surface area (Å²) >= 11 is 3.16. The fourth-order valence-electron chi connectivity index (χ4n) is 1.85. The average molecular weight is 310 g/mol. The summed E-state index contributed by atoms with van der Waals surface area (Å²) in [5, 5.41) is 2.95. The first-order valence-electron chi connectivity index (χ1n) is 6.38. The summed E-state index contributed by atoms with van der Waals surface area (Å²) < 4.78 is 5.10. The third kappa shape index (κ3) is 3.45. The maximum atomic E-state index is 11.1. The first kappa shape index (κ1) is 15.2. The Kier molecular flexibility index (Phi) is 5.28. The molecule has 2 rings (SSSR count). The number of ether oxygens (including phenoxy) is 1. The fraction of sp³-hybridized carbons (Fsp3) is 0.429. The summed E-state index contributed by atoms with van der Waals surface area (Å²) in [5.41, 5.74) is 0.722. The summed E-state index contributed by atoms with van der Waals surface area (Å²) in [7, 11) is 1.61. The van der Waals surface area contributed by atoms with Gasteiger partial charge >= 0.3 is 0 Å². The van der Waals surface area contributed by atoms with Crippen LogP contribution in [0.15, 0.2) is 17.5 Å². The molecule has 0 aliphatic rings. The largest absolute Gasteiger partial charge is 0.378 e. The average Bonchev–Trinajstić information content (AvgIpc) is 3.05. The van der Waals surface area contributed by atoms with Gasteiger partial charge in [0.25, 0.3) is 0 Å². The van der Waals surface area contributed by atoms with E-state index in [0.29, 0.717) is 17.5 Å². The Labute approximate surface area is 127 Å². The normalized spacial score (nSPS) is 11.0. The van der Waals surface area contributed by atoms with Crippen LogP contribution in [0.1, 0.15) is 34.1 Å². The Morgan fingerprint density at radius 3 is 2.85 bits per heavy atom. The van der Waals surface area contributed by atoms with Crippen LogP contribution < -0.4 is 4.90 Å². The Balaban J connectivity index is 2.27. The van der Waals surface area contributed by atoms with Crippen molar-refractivity contribution < 1.29 is 9.53 Å². The quantitative estimate of drug-likeness (QED) is 0.733. The van der Waals surface area contributed by atoms with Gasteiger partial charge in [-0.1, -0.05) is 17.4 Å². The molecular weight excluding hydrogens is 292 g/mol. The van der Waals surface area contributed by atoms with Gasteiger partial charge in [0.15, 0.2) is 11.4 Å². The van der Waals surface area contributed by atoms with E-state index in [0.717, 1.165) is 23.7 Å². The van der Waals surface area contributed by atoms with Crippen molar-refractivity contribution in [2.75, 3.05) is 12.0 Å². The van der Waals surface area contributed by atoms with Gasteiger partial charge in [-0.3, -0.25) is 4.79 Å². The smallest absolute Gasteiger partial charge is 0.186 e. The lowest BCUT2D eigenvalue weighted by molar-refractivity contribution is 0.112. The monoisotopic (exact) mass is 310 g/mol. The lowest BCUT2D eigenvalue weighted by Gasteiger charge is -2.25. The molecule has 0 radical (unpaired) electrons. The zero-order chi connectivity index (χ0) is 14.5. The van der Waals surface area contributed by atoms with E-state index in [1.54, 1.807) is 18.4 Å². The van der Waals surface area contributed by atoms with Crippen LogP contribution in [0.25, 0.3) is 0 Å². The molecule has 2 aromatic heterocycles. The molecule has 0 bridgehead atoms. The van der Waals surface area contributed by atoms with Crippen LogP contribution in [0.5, 0.6) is 0 Å². The second kappa shape index (κ2) is 6.97. The van der Waals surface area contributed by atoms with Crippen molar-refractivity contribution >= 4 is 34.1 Å². The van der Waals surface area contributed by atoms with Gasteiger partial charge in [0.1, 0.15) is 0 Å². The van der Waals surface area contributed by atoms with Crippen molar-refractivity contribution in [3.63, 3.8) is 0 Å². The van der Waals surface area contributed by atoms with Gasteiger partial charge in [-0.15, -0.1) is 11.3 Å².